The van der Waals surface area contributed by atoms with E-state index in [1.807, 2.05) is 41.0 Å². The quantitative estimate of drug-likeness (QED) is 0.710. The van der Waals surface area contributed by atoms with Gasteiger partial charge in [0.05, 0.1) is 22.5 Å². The maximum absolute atomic E-state index is 12.7. The van der Waals surface area contributed by atoms with Crippen molar-refractivity contribution in [2.75, 3.05) is 18.6 Å². The lowest BCUT2D eigenvalue weighted by molar-refractivity contribution is 0.0747. The number of hydrogen-bond donors (Lipinski definition) is 0. The first kappa shape index (κ1) is 16.8. The molecule has 0 bridgehead atoms. The Hall–Kier alpha value is -2.67. The van der Waals surface area contributed by atoms with Crippen LogP contribution in [0.1, 0.15) is 16.8 Å². The molecule has 1 atom stereocenters. The summed E-state index contributed by atoms with van der Waals surface area (Å²) in [5.41, 5.74) is 3.38. The predicted molar refractivity (Wildman–Crippen MR) is 100 cm³/mol. The Balaban J connectivity index is 1.57. The third-order valence-corrected chi connectivity index (χ3v) is 6.67. The Bertz CT molecular complexity index is 1070. The largest absolute Gasteiger partial charge is 0.338 e. The predicted octanol–water partition coefficient (Wildman–Crippen LogP) is 2.28. The Morgan fingerprint density at radius 1 is 1.15 bits per heavy atom. The summed E-state index contributed by atoms with van der Waals surface area (Å²) in [6.07, 6.45) is 2.26. The minimum atomic E-state index is -3.02. The highest BCUT2D eigenvalue weighted by molar-refractivity contribution is 7.91. The van der Waals surface area contributed by atoms with Crippen LogP contribution < -0.4 is 0 Å². The van der Waals surface area contributed by atoms with Gasteiger partial charge in [0.1, 0.15) is 6.33 Å². The molecule has 0 saturated carbocycles. The van der Waals surface area contributed by atoms with Crippen molar-refractivity contribution in [2.24, 2.45) is 0 Å². The highest BCUT2D eigenvalue weighted by atomic mass is 32.2. The van der Waals surface area contributed by atoms with Crippen molar-refractivity contribution < 1.29 is 13.2 Å². The van der Waals surface area contributed by atoms with Gasteiger partial charge in [-0.3, -0.25) is 9.36 Å². The van der Waals surface area contributed by atoms with Crippen LogP contribution in [0.3, 0.4) is 0 Å². The van der Waals surface area contributed by atoms with Crippen LogP contribution >= 0.6 is 0 Å². The molecule has 0 aliphatic carbocycles. The van der Waals surface area contributed by atoms with Crippen molar-refractivity contribution in [3.05, 3.63) is 60.4 Å². The molecule has 1 fully saturated rings. The summed E-state index contributed by atoms with van der Waals surface area (Å²) >= 11 is 0. The van der Waals surface area contributed by atoms with E-state index in [9.17, 15) is 13.2 Å². The lowest BCUT2D eigenvalue weighted by atomic mass is 10.1. The Morgan fingerprint density at radius 3 is 2.58 bits per heavy atom. The molecule has 4 rings (SSSR count). The molecule has 2 heterocycles. The van der Waals surface area contributed by atoms with E-state index in [1.165, 1.54) is 0 Å². The number of carbonyl (C=O) groups excluding carboxylic acids is 1. The molecule has 1 amide bonds. The van der Waals surface area contributed by atoms with Crippen LogP contribution in [0, 0.1) is 0 Å². The lowest BCUT2D eigenvalue weighted by Gasteiger charge is -2.23. The van der Waals surface area contributed by atoms with Crippen LogP contribution in [0.25, 0.3) is 16.7 Å². The van der Waals surface area contributed by atoms with Crippen LogP contribution in [0.4, 0.5) is 0 Å². The minimum Gasteiger partial charge on any atom is -0.338 e. The molecular weight excluding hydrogens is 350 g/mol. The molecule has 1 aliphatic rings. The number of aromatic nitrogens is 2. The lowest BCUT2D eigenvalue weighted by Crippen LogP contribution is -2.37. The molecule has 2 aromatic carbocycles. The highest BCUT2D eigenvalue weighted by Crippen LogP contribution is 2.21. The third kappa shape index (κ3) is 2.99. The van der Waals surface area contributed by atoms with Crippen LogP contribution in [0.5, 0.6) is 0 Å². The van der Waals surface area contributed by atoms with E-state index in [1.54, 1.807) is 30.4 Å². The zero-order valence-corrected chi connectivity index (χ0v) is 15.2. The Morgan fingerprint density at radius 2 is 1.88 bits per heavy atom. The van der Waals surface area contributed by atoms with Gasteiger partial charge < -0.3 is 4.90 Å². The van der Waals surface area contributed by atoms with Gasteiger partial charge in [-0.05, 0) is 42.8 Å². The van der Waals surface area contributed by atoms with Crippen molar-refractivity contribution in [3.8, 4) is 5.69 Å². The minimum absolute atomic E-state index is 0.0499. The number of benzene rings is 2. The van der Waals surface area contributed by atoms with E-state index < -0.39 is 9.84 Å². The van der Waals surface area contributed by atoms with Gasteiger partial charge >= 0.3 is 0 Å². The van der Waals surface area contributed by atoms with Gasteiger partial charge in [0, 0.05) is 24.3 Å². The Labute approximate surface area is 152 Å². The van der Waals surface area contributed by atoms with E-state index in [0.717, 1.165) is 16.7 Å². The second kappa shape index (κ2) is 6.25. The normalized spacial score (nSPS) is 18.9. The maximum Gasteiger partial charge on any atom is 0.253 e. The van der Waals surface area contributed by atoms with E-state index >= 15 is 0 Å². The van der Waals surface area contributed by atoms with Crippen LogP contribution in [-0.4, -0.2) is 53.4 Å². The summed E-state index contributed by atoms with van der Waals surface area (Å²) in [6.45, 7) is 0. The fraction of sp³-hybridized carbons (Fsp3) is 0.263. The van der Waals surface area contributed by atoms with Crippen LogP contribution in [0.15, 0.2) is 54.9 Å². The number of imidazole rings is 1. The van der Waals surface area contributed by atoms with E-state index in [2.05, 4.69) is 4.98 Å². The number of para-hydroxylation sites is 2. The molecule has 1 aromatic heterocycles. The van der Waals surface area contributed by atoms with Crippen molar-refractivity contribution in [2.45, 2.75) is 12.5 Å². The van der Waals surface area contributed by atoms with E-state index in [-0.39, 0.29) is 23.5 Å². The molecule has 0 N–H and O–H groups in total. The zero-order valence-electron chi connectivity index (χ0n) is 14.4. The van der Waals surface area contributed by atoms with Gasteiger partial charge in [-0.1, -0.05) is 12.1 Å². The number of amides is 1. The number of nitrogens with zero attached hydrogens (tertiary/aromatic N) is 3. The second-order valence-electron chi connectivity index (χ2n) is 6.62. The standard InChI is InChI=1S/C19H19N3O3S/c1-21(16-10-11-26(24,25)12-16)19(23)14-6-8-15(9-7-14)22-13-20-17-4-2-3-5-18(17)22/h2-9,13,16H,10-12H2,1H3. The number of hydrogen-bond acceptors (Lipinski definition) is 4. The number of carbonyl (C=O) groups is 1. The SMILES string of the molecule is CN(C(=O)c1ccc(-n2cnc3ccccc32)cc1)C1CCS(=O)(=O)C1. The first-order valence-corrected chi connectivity index (χ1v) is 10.3. The first-order valence-electron chi connectivity index (χ1n) is 8.45. The van der Waals surface area contributed by atoms with Crippen LogP contribution in [-0.2, 0) is 9.84 Å². The number of sulfone groups is 1. The van der Waals surface area contributed by atoms with Crippen molar-refractivity contribution in [3.63, 3.8) is 0 Å². The summed E-state index contributed by atoms with van der Waals surface area (Å²) in [6, 6.07) is 14.9. The fourth-order valence-electron chi connectivity index (χ4n) is 3.38. The molecule has 134 valence electrons. The number of fused-ring (bicyclic) bond motifs is 1. The van der Waals surface area contributed by atoms with Gasteiger partial charge in [-0.25, -0.2) is 13.4 Å². The second-order valence-corrected chi connectivity index (χ2v) is 8.85. The maximum atomic E-state index is 12.7. The van der Waals surface area contributed by atoms with Gasteiger partial charge in [0.15, 0.2) is 9.84 Å². The molecule has 3 aromatic rings. The molecule has 1 aliphatic heterocycles. The summed E-state index contributed by atoms with van der Waals surface area (Å²) in [5, 5.41) is 0. The van der Waals surface area contributed by atoms with Gasteiger partial charge in [-0.15, -0.1) is 0 Å². The molecule has 0 radical (unpaired) electrons. The van der Waals surface area contributed by atoms with Crippen molar-refractivity contribution in [1.82, 2.24) is 14.5 Å². The highest BCUT2D eigenvalue weighted by Gasteiger charge is 2.33. The fourth-order valence-corrected chi connectivity index (χ4v) is 5.15. The Kier molecular flexibility index (Phi) is 4.03. The number of rotatable bonds is 3. The van der Waals surface area contributed by atoms with Gasteiger partial charge in [-0.2, -0.15) is 0 Å². The van der Waals surface area contributed by atoms with E-state index in [4.69, 9.17) is 0 Å². The smallest absolute Gasteiger partial charge is 0.253 e. The average molecular weight is 369 g/mol. The monoisotopic (exact) mass is 369 g/mol. The molecule has 0 spiro atoms. The molecule has 1 saturated heterocycles. The summed E-state index contributed by atoms with van der Waals surface area (Å²) in [5.74, 6) is 0.0464. The zero-order chi connectivity index (χ0) is 18.3. The molecule has 26 heavy (non-hydrogen) atoms. The summed E-state index contributed by atoms with van der Waals surface area (Å²) in [4.78, 5) is 18.6. The van der Waals surface area contributed by atoms with E-state index in [0.29, 0.717) is 12.0 Å². The average Bonchev–Trinajstić information content (AvgIpc) is 3.24. The van der Waals surface area contributed by atoms with Gasteiger partial charge in [0.25, 0.3) is 5.91 Å². The first-order chi connectivity index (χ1) is 12.4. The third-order valence-electron chi connectivity index (χ3n) is 4.92. The molecule has 7 heteroatoms. The molecule has 6 nitrogen and oxygen atoms in total. The molecular formula is C19H19N3O3S. The van der Waals surface area contributed by atoms with Gasteiger partial charge in [0.2, 0.25) is 0 Å². The molecule has 1 unspecified atom stereocenters. The topological polar surface area (TPSA) is 72.3 Å². The van der Waals surface area contributed by atoms with Crippen LogP contribution in [0.2, 0.25) is 0 Å². The summed E-state index contributed by atoms with van der Waals surface area (Å²) < 4.78 is 25.3. The van der Waals surface area contributed by atoms with Crippen molar-refractivity contribution >= 4 is 26.8 Å². The summed E-state index contributed by atoms with van der Waals surface area (Å²) in [7, 11) is -1.35. The van der Waals surface area contributed by atoms with Crippen molar-refractivity contribution in [1.29, 1.82) is 0 Å².